The van der Waals surface area contributed by atoms with Crippen molar-refractivity contribution in [1.29, 1.82) is 0 Å². The Kier molecular flexibility index (Phi) is 4.66. The highest BCUT2D eigenvalue weighted by Gasteiger charge is 2.11. The molecule has 1 aromatic rings. The van der Waals surface area contributed by atoms with E-state index in [4.69, 9.17) is 5.73 Å². The van der Waals surface area contributed by atoms with Crippen LogP contribution in [0.3, 0.4) is 0 Å². The van der Waals surface area contributed by atoms with Gasteiger partial charge in [-0.1, -0.05) is 24.3 Å². The summed E-state index contributed by atoms with van der Waals surface area (Å²) in [7, 11) is 0. The number of hydrogen-bond donors (Lipinski definition) is 2. The van der Waals surface area contributed by atoms with E-state index >= 15 is 0 Å². The number of rotatable bonds is 4. The molecular weight excluding hydrogens is 207 g/mol. The Morgan fingerprint density at radius 2 is 2.25 bits per heavy atom. The number of carbonyl (C=O) groups is 1. The third-order valence-corrected chi connectivity index (χ3v) is 2.12. The number of benzene rings is 1. The van der Waals surface area contributed by atoms with E-state index in [1.54, 1.807) is 31.2 Å². The average Bonchev–Trinajstić information content (AvgIpc) is 2.28. The van der Waals surface area contributed by atoms with Crippen molar-refractivity contribution >= 4 is 5.91 Å². The summed E-state index contributed by atoms with van der Waals surface area (Å²) >= 11 is 0. The Labute approximate surface area is 94.1 Å². The van der Waals surface area contributed by atoms with E-state index in [-0.39, 0.29) is 5.56 Å². The first kappa shape index (κ1) is 12.4. The molecule has 0 bridgehead atoms. The lowest BCUT2D eigenvalue weighted by Crippen LogP contribution is -2.24. The Balaban J connectivity index is 2.66. The summed E-state index contributed by atoms with van der Waals surface area (Å²) in [5, 5.41) is 2.58. The molecule has 16 heavy (non-hydrogen) atoms. The smallest absolute Gasteiger partial charge is 0.254 e. The van der Waals surface area contributed by atoms with Gasteiger partial charge in [0.1, 0.15) is 5.82 Å². The van der Waals surface area contributed by atoms with Crippen LogP contribution in [0.2, 0.25) is 0 Å². The molecule has 0 saturated heterocycles. The zero-order chi connectivity index (χ0) is 12.0. The Hall–Kier alpha value is -1.68. The third-order valence-electron chi connectivity index (χ3n) is 2.12. The number of amides is 1. The maximum absolute atomic E-state index is 13.5. The number of carbonyl (C=O) groups excluding carboxylic acids is 1. The van der Waals surface area contributed by atoms with Crippen molar-refractivity contribution in [3.05, 3.63) is 47.3 Å². The first-order chi connectivity index (χ1) is 7.66. The van der Waals surface area contributed by atoms with Crippen LogP contribution in [0, 0.1) is 12.7 Å². The van der Waals surface area contributed by atoms with Gasteiger partial charge < -0.3 is 11.1 Å². The van der Waals surface area contributed by atoms with Crippen molar-refractivity contribution in [3.63, 3.8) is 0 Å². The predicted molar refractivity (Wildman–Crippen MR) is 61.7 cm³/mol. The van der Waals surface area contributed by atoms with Crippen molar-refractivity contribution < 1.29 is 9.18 Å². The van der Waals surface area contributed by atoms with E-state index in [9.17, 15) is 9.18 Å². The van der Waals surface area contributed by atoms with Gasteiger partial charge in [0.15, 0.2) is 0 Å². The molecule has 0 spiro atoms. The number of nitrogens with one attached hydrogen (secondary N) is 1. The molecule has 1 rings (SSSR count). The lowest BCUT2D eigenvalue weighted by atomic mass is 10.1. The molecule has 0 heterocycles. The number of nitrogens with two attached hydrogens (primary N) is 1. The van der Waals surface area contributed by atoms with Gasteiger partial charge >= 0.3 is 0 Å². The Morgan fingerprint density at radius 1 is 1.50 bits per heavy atom. The lowest BCUT2D eigenvalue weighted by Gasteiger charge is -2.05. The molecule has 0 aromatic heterocycles. The van der Waals surface area contributed by atoms with E-state index in [2.05, 4.69) is 5.32 Å². The second-order valence-electron chi connectivity index (χ2n) is 3.35. The topological polar surface area (TPSA) is 55.1 Å². The summed E-state index contributed by atoms with van der Waals surface area (Å²) in [6, 6.07) is 4.74. The van der Waals surface area contributed by atoms with Crippen molar-refractivity contribution in [1.82, 2.24) is 5.32 Å². The average molecular weight is 222 g/mol. The normalized spacial score (nSPS) is 10.7. The largest absolute Gasteiger partial charge is 0.348 e. The molecule has 0 radical (unpaired) electrons. The van der Waals surface area contributed by atoms with E-state index in [0.29, 0.717) is 18.7 Å². The van der Waals surface area contributed by atoms with Gasteiger partial charge in [-0.25, -0.2) is 4.39 Å². The van der Waals surface area contributed by atoms with Gasteiger partial charge in [-0.2, -0.15) is 0 Å². The molecule has 0 atom stereocenters. The number of hydrogen-bond acceptors (Lipinski definition) is 2. The first-order valence-electron chi connectivity index (χ1n) is 5.05. The molecule has 0 saturated carbocycles. The third kappa shape index (κ3) is 3.17. The number of aryl methyl sites for hydroxylation is 1. The van der Waals surface area contributed by atoms with Crippen LogP contribution in [0.1, 0.15) is 15.9 Å². The summed E-state index contributed by atoms with van der Waals surface area (Å²) in [5.41, 5.74) is 5.77. The van der Waals surface area contributed by atoms with E-state index in [1.165, 1.54) is 6.07 Å². The minimum Gasteiger partial charge on any atom is -0.348 e. The second-order valence-corrected chi connectivity index (χ2v) is 3.35. The van der Waals surface area contributed by atoms with E-state index < -0.39 is 11.7 Å². The lowest BCUT2D eigenvalue weighted by molar-refractivity contribution is 0.0954. The van der Waals surface area contributed by atoms with Gasteiger partial charge in [0, 0.05) is 13.1 Å². The Morgan fingerprint density at radius 3 is 2.94 bits per heavy atom. The standard InChI is InChI=1S/C12H15FN2O/c1-9-5-4-6-10(11(9)13)12(16)15-8-3-2-7-14/h2-6H,7-8,14H2,1H3,(H,15,16)/b3-2+. The van der Waals surface area contributed by atoms with Gasteiger partial charge in [-0.05, 0) is 18.6 Å². The van der Waals surface area contributed by atoms with Crippen LogP contribution in [0.15, 0.2) is 30.4 Å². The molecule has 3 N–H and O–H groups in total. The molecule has 86 valence electrons. The minimum absolute atomic E-state index is 0.0705. The zero-order valence-corrected chi connectivity index (χ0v) is 9.16. The molecular formula is C12H15FN2O. The molecule has 4 heteroatoms. The van der Waals surface area contributed by atoms with Crippen molar-refractivity contribution in [3.8, 4) is 0 Å². The highest BCUT2D eigenvalue weighted by molar-refractivity contribution is 5.94. The van der Waals surface area contributed by atoms with Crippen LogP contribution < -0.4 is 11.1 Å². The molecule has 0 aliphatic rings. The maximum Gasteiger partial charge on any atom is 0.254 e. The molecule has 1 amide bonds. The molecule has 0 fully saturated rings. The van der Waals surface area contributed by atoms with Crippen LogP contribution in [0.25, 0.3) is 0 Å². The molecule has 1 aromatic carbocycles. The summed E-state index contributed by atoms with van der Waals surface area (Å²) in [6.45, 7) is 2.40. The fourth-order valence-electron chi connectivity index (χ4n) is 1.25. The van der Waals surface area contributed by atoms with Crippen LogP contribution in [-0.2, 0) is 0 Å². The van der Waals surface area contributed by atoms with Gasteiger partial charge in [-0.15, -0.1) is 0 Å². The zero-order valence-electron chi connectivity index (χ0n) is 9.16. The van der Waals surface area contributed by atoms with Crippen LogP contribution >= 0.6 is 0 Å². The summed E-state index contributed by atoms with van der Waals surface area (Å²) in [4.78, 5) is 11.6. The van der Waals surface area contributed by atoms with Crippen LogP contribution in [0.4, 0.5) is 4.39 Å². The molecule has 3 nitrogen and oxygen atoms in total. The van der Waals surface area contributed by atoms with E-state index in [1.807, 2.05) is 0 Å². The maximum atomic E-state index is 13.5. The summed E-state index contributed by atoms with van der Waals surface area (Å²) in [5.74, 6) is -0.884. The predicted octanol–water partition coefficient (Wildman–Crippen LogP) is 1.38. The van der Waals surface area contributed by atoms with E-state index in [0.717, 1.165) is 0 Å². The SMILES string of the molecule is Cc1cccc(C(=O)NC/C=C/CN)c1F. The number of halogens is 1. The van der Waals surface area contributed by atoms with Gasteiger partial charge in [0.05, 0.1) is 5.56 Å². The van der Waals surface area contributed by atoms with Crippen LogP contribution in [-0.4, -0.2) is 19.0 Å². The van der Waals surface area contributed by atoms with Gasteiger partial charge in [0.25, 0.3) is 5.91 Å². The van der Waals surface area contributed by atoms with Crippen molar-refractivity contribution in [2.24, 2.45) is 5.73 Å². The van der Waals surface area contributed by atoms with Crippen molar-refractivity contribution in [2.75, 3.05) is 13.1 Å². The minimum atomic E-state index is -0.470. The second kappa shape index (κ2) is 6.02. The molecule has 0 aliphatic carbocycles. The highest BCUT2D eigenvalue weighted by Crippen LogP contribution is 2.11. The quantitative estimate of drug-likeness (QED) is 0.756. The highest BCUT2D eigenvalue weighted by atomic mass is 19.1. The fraction of sp³-hybridized carbons (Fsp3) is 0.250. The first-order valence-corrected chi connectivity index (χ1v) is 5.05. The molecule has 0 aliphatic heterocycles. The van der Waals surface area contributed by atoms with Crippen LogP contribution in [0.5, 0.6) is 0 Å². The monoisotopic (exact) mass is 222 g/mol. The van der Waals surface area contributed by atoms with Gasteiger partial charge in [-0.3, -0.25) is 4.79 Å². The summed E-state index contributed by atoms with van der Waals surface area (Å²) < 4.78 is 13.5. The fourth-order valence-corrected chi connectivity index (χ4v) is 1.25. The molecule has 0 unspecified atom stereocenters. The van der Waals surface area contributed by atoms with Gasteiger partial charge in [0.2, 0.25) is 0 Å². The summed E-state index contributed by atoms with van der Waals surface area (Å²) in [6.07, 6.45) is 3.46. The Bertz CT molecular complexity index is 402. The van der Waals surface area contributed by atoms with Crippen molar-refractivity contribution in [2.45, 2.75) is 6.92 Å².